The molecule has 0 fully saturated rings. The van der Waals surface area contributed by atoms with Crippen molar-refractivity contribution in [2.75, 3.05) is 48.3 Å². The second-order valence-corrected chi connectivity index (χ2v) is 10.6. The minimum atomic E-state index is -3.97. The van der Waals surface area contributed by atoms with Crippen LogP contribution < -0.4 is 14.5 Å². The van der Waals surface area contributed by atoms with Gasteiger partial charge in [-0.1, -0.05) is 36.4 Å². The van der Waals surface area contributed by atoms with Gasteiger partial charge >= 0.3 is 0 Å². The van der Waals surface area contributed by atoms with Gasteiger partial charge in [0.1, 0.15) is 5.75 Å². The normalized spacial score (nSPS) is 11.2. The van der Waals surface area contributed by atoms with E-state index in [2.05, 4.69) is 98.2 Å². The SMILES string of the molecule is CCN(CC)c1ccc(C(c2ccc(OCCCS(=O)(=O)O)cc2)c2ccc(N(CC)CC)cc2)cc1.[Na]. The standard InChI is InChI=1S/C30H40N2O4S.Na/c1-5-31(6-2)27-16-10-24(11-17-27)30(25-12-18-28(19-13-25)32(7-3)8-4)26-14-20-29(21-15-26)36-22-9-23-37(33,34)35;/h10-21,30H,5-9,22-23H2,1-4H3,(H,33,34,35);. The third-order valence-electron chi connectivity index (χ3n) is 6.74. The monoisotopic (exact) mass is 547 g/mol. The molecule has 0 aliphatic carbocycles. The maximum Gasteiger partial charge on any atom is 0.264 e. The fraction of sp³-hybridized carbons (Fsp3) is 0.400. The van der Waals surface area contributed by atoms with Crippen LogP contribution in [0.4, 0.5) is 11.4 Å². The molecule has 1 N–H and O–H groups in total. The van der Waals surface area contributed by atoms with Crippen molar-refractivity contribution in [2.45, 2.75) is 40.0 Å². The minimum Gasteiger partial charge on any atom is -0.494 e. The molecule has 38 heavy (non-hydrogen) atoms. The quantitative estimate of drug-likeness (QED) is 0.118. The summed E-state index contributed by atoms with van der Waals surface area (Å²) in [6.45, 7) is 12.8. The van der Waals surface area contributed by atoms with Gasteiger partial charge in [0.25, 0.3) is 10.1 Å². The summed E-state index contributed by atoms with van der Waals surface area (Å²) in [5.41, 5.74) is 6.02. The Morgan fingerprint density at radius 2 is 1.05 bits per heavy atom. The fourth-order valence-electron chi connectivity index (χ4n) is 4.70. The predicted molar refractivity (Wildman–Crippen MR) is 160 cm³/mol. The number of benzene rings is 3. The predicted octanol–water partition coefficient (Wildman–Crippen LogP) is 5.84. The first-order valence-electron chi connectivity index (χ1n) is 13.2. The zero-order valence-corrected chi connectivity index (χ0v) is 26.2. The first-order chi connectivity index (χ1) is 17.8. The second-order valence-electron chi connectivity index (χ2n) is 9.02. The Hall–Kier alpha value is -2.03. The Morgan fingerprint density at radius 1 is 0.684 bits per heavy atom. The molecule has 8 heteroatoms. The van der Waals surface area contributed by atoms with Crippen LogP contribution in [-0.2, 0) is 10.1 Å². The molecule has 3 rings (SSSR count). The summed E-state index contributed by atoms with van der Waals surface area (Å²) < 4.78 is 36.4. The molecule has 1 radical (unpaired) electrons. The molecule has 0 aromatic heterocycles. The van der Waals surface area contributed by atoms with E-state index in [1.807, 2.05) is 12.1 Å². The maximum absolute atomic E-state index is 10.9. The van der Waals surface area contributed by atoms with Gasteiger partial charge in [-0.2, -0.15) is 8.42 Å². The molecular formula is C30H40N2NaO4S. The summed E-state index contributed by atoms with van der Waals surface area (Å²) >= 11 is 0. The molecule has 0 atom stereocenters. The van der Waals surface area contributed by atoms with Crippen LogP contribution in [0.5, 0.6) is 5.75 Å². The van der Waals surface area contributed by atoms with Crippen molar-refractivity contribution in [3.05, 3.63) is 89.5 Å². The smallest absolute Gasteiger partial charge is 0.264 e. The van der Waals surface area contributed by atoms with Crippen LogP contribution >= 0.6 is 0 Å². The summed E-state index contributed by atoms with van der Waals surface area (Å²) in [7, 11) is -3.97. The Labute approximate surface area is 251 Å². The molecule has 6 nitrogen and oxygen atoms in total. The molecule has 0 spiro atoms. The van der Waals surface area contributed by atoms with Crippen LogP contribution in [0, 0.1) is 0 Å². The third kappa shape index (κ3) is 9.02. The first-order valence-corrected chi connectivity index (χ1v) is 14.8. The molecule has 201 valence electrons. The van der Waals surface area contributed by atoms with Crippen molar-refractivity contribution in [3.8, 4) is 5.75 Å². The number of hydrogen-bond donors (Lipinski definition) is 1. The van der Waals surface area contributed by atoms with E-state index >= 15 is 0 Å². The molecule has 0 aliphatic heterocycles. The zero-order valence-electron chi connectivity index (χ0n) is 23.4. The Morgan fingerprint density at radius 3 is 1.39 bits per heavy atom. The number of rotatable bonds is 14. The second kappa shape index (κ2) is 15.5. The number of nitrogens with zero attached hydrogens (tertiary/aromatic N) is 2. The van der Waals surface area contributed by atoms with E-state index in [1.54, 1.807) is 0 Å². The van der Waals surface area contributed by atoms with E-state index in [1.165, 1.54) is 22.5 Å². The van der Waals surface area contributed by atoms with Gasteiger partial charge in [-0.05, 0) is 87.2 Å². The van der Waals surface area contributed by atoms with Gasteiger partial charge in [0.15, 0.2) is 0 Å². The Kier molecular flexibility index (Phi) is 13.2. The van der Waals surface area contributed by atoms with Crippen molar-refractivity contribution in [1.82, 2.24) is 0 Å². The van der Waals surface area contributed by atoms with Gasteiger partial charge in [-0.25, -0.2) is 0 Å². The van der Waals surface area contributed by atoms with Gasteiger partial charge in [0.05, 0.1) is 12.4 Å². The minimum absolute atomic E-state index is 0. The van der Waals surface area contributed by atoms with Crippen LogP contribution in [-0.4, -0.2) is 81.1 Å². The molecule has 0 bridgehead atoms. The van der Waals surface area contributed by atoms with Gasteiger partial charge in [-0.15, -0.1) is 0 Å². The molecule has 3 aromatic carbocycles. The number of ether oxygens (including phenoxy) is 1. The fourth-order valence-corrected chi connectivity index (χ4v) is 5.18. The van der Waals surface area contributed by atoms with Crippen LogP contribution in [0.3, 0.4) is 0 Å². The van der Waals surface area contributed by atoms with Crippen molar-refractivity contribution >= 4 is 51.1 Å². The average Bonchev–Trinajstić information content (AvgIpc) is 2.90. The Bertz CT molecular complexity index is 1140. The molecular weight excluding hydrogens is 507 g/mol. The molecule has 0 aliphatic rings. The Balaban J connectivity index is 0.00000507. The summed E-state index contributed by atoms with van der Waals surface area (Å²) in [6, 6.07) is 25.7. The molecule has 0 unspecified atom stereocenters. The van der Waals surface area contributed by atoms with Gasteiger partial charge in [-0.3, -0.25) is 4.55 Å². The van der Waals surface area contributed by atoms with E-state index in [0.29, 0.717) is 5.75 Å². The van der Waals surface area contributed by atoms with Gasteiger partial charge < -0.3 is 14.5 Å². The number of anilines is 2. The topological polar surface area (TPSA) is 70.1 Å². The first kappa shape index (κ1) is 32.2. The summed E-state index contributed by atoms with van der Waals surface area (Å²) in [5, 5.41) is 0. The molecule has 0 heterocycles. The van der Waals surface area contributed by atoms with E-state index in [-0.39, 0.29) is 54.3 Å². The van der Waals surface area contributed by atoms with Crippen LogP contribution in [0.25, 0.3) is 0 Å². The zero-order chi connectivity index (χ0) is 26.8. The largest absolute Gasteiger partial charge is 0.494 e. The molecule has 0 saturated heterocycles. The van der Waals surface area contributed by atoms with Crippen molar-refractivity contribution in [3.63, 3.8) is 0 Å². The molecule has 0 saturated carbocycles. The van der Waals surface area contributed by atoms with Crippen LogP contribution in [0.1, 0.15) is 56.7 Å². The van der Waals surface area contributed by atoms with Crippen molar-refractivity contribution in [1.29, 1.82) is 0 Å². The van der Waals surface area contributed by atoms with E-state index in [9.17, 15) is 8.42 Å². The van der Waals surface area contributed by atoms with Gasteiger partial charge in [0, 0.05) is 73.0 Å². The maximum atomic E-state index is 10.9. The van der Waals surface area contributed by atoms with Crippen LogP contribution in [0.2, 0.25) is 0 Å². The van der Waals surface area contributed by atoms with E-state index in [4.69, 9.17) is 9.29 Å². The summed E-state index contributed by atoms with van der Waals surface area (Å²) in [6.07, 6.45) is 0.237. The summed E-state index contributed by atoms with van der Waals surface area (Å²) in [4.78, 5) is 4.68. The average molecular weight is 548 g/mol. The van der Waals surface area contributed by atoms with Crippen molar-refractivity contribution in [2.24, 2.45) is 0 Å². The number of hydrogen-bond acceptors (Lipinski definition) is 5. The molecule has 0 amide bonds. The third-order valence-corrected chi connectivity index (χ3v) is 7.54. The van der Waals surface area contributed by atoms with E-state index in [0.717, 1.165) is 31.7 Å². The summed E-state index contributed by atoms with van der Waals surface area (Å²) in [5.74, 6) is 0.428. The van der Waals surface area contributed by atoms with E-state index < -0.39 is 10.1 Å². The molecule has 3 aromatic rings. The van der Waals surface area contributed by atoms with Crippen LogP contribution in [0.15, 0.2) is 72.8 Å². The van der Waals surface area contributed by atoms with Gasteiger partial charge in [0.2, 0.25) is 0 Å². The van der Waals surface area contributed by atoms with Crippen molar-refractivity contribution < 1.29 is 17.7 Å².